The zero-order chi connectivity index (χ0) is 4.28. The third kappa shape index (κ3) is 4.28. The molecule has 0 aliphatic carbocycles. The molecule has 0 spiro atoms. The summed E-state index contributed by atoms with van der Waals surface area (Å²) in [5.41, 5.74) is 0. The Hall–Kier alpha value is 0.280. The van der Waals surface area contributed by atoms with Crippen LogP contribution in [-0.4, -0.2) is 11.5 Å². The van der Waals surface area contributed by atoms with Crippen LogP contribution in [0, 0.1) is 0 Å². The fourth-order valence-corrected chi connectivity index (χ4v) is 0. The molecule has 4 heteroatoms. The molecule has 0 radical (unpaired) electrons. The number of hydrogen-bond acceptors (Lipinski definition) is 3. The van der Waals surface area contributed by atoms with Gasteiger partial charge in [0.2, 0.25) is 0 Å². The minimum atomic E-state index is -1.71. The van der Waals surface area contributed by atoms with Crippen molar-refractivity contribution < 1.29 is 9.67 Å². The summed E-state index contributed by atoms with van der Waals surface area (Å²) >= 11 is 4.04. The van der Waals surface area contributed by atoms with E-state index in [4.69, 9.17) is 5.11 Å². The second-order valence-electron chi connectivity index (χ2n) is 0.474. The molecule has 0 amide bonds. The predicted molar refractivity (Wildman–Crippen MR) is 22.1 cm³/mol. The van der Waals surface area contributed by atoms with E-state index in [0.29, 0.717) is 0 Å². The van der Waals surface area contributed by atoms with Crippen LogP contribution in [0.15, 0.2) is 0 Å². The van der Waals surface area contributed by atoms with E-state index >= 15 is 0 Å². The summed E-state index contributed by atoms with van der Waals surface area (Å²) in [6, 6.07) is 0. The molecule has 0 aliphatic heterocycles. The molecule has 30 valence electrons. The SMILES string of the molecule is O=P(=S)CO. The van der Waals surface area contributed by atoms with Crippen molar-refractivity contribution in [2.45, 2.75) is 0 Å². The molecule has 1 atom stereocenters. The Morgan fingerprint density at radius 2 is 2.20 bits per heavy atom. The summed E-state index contributed by atoms with van der Waals surface area (Å²) in [6.45, 7) is -1.71. The summed E-state index contributed by atoms with van der Waals surface area (Å²) in [7, 11) is 0. The fourth-order valence-electron chi connectivity index (χ4n) is 0. The molecule has 0 aromatic heterocycles. The molecule has 2 nitrogen and oxygen atoms in total. The first-order chi connectivity index (χ1) is 2.27. The molecular weight excluding hydrogens is 107 g/mol. The Bertz CT molecular complexity index is 67.7. The van der Waals surface area contributed by atoms with E-state index in [-0.39, 0.29) is 6.35 Å². The van der Waals surface area contributed by atoms with Gasteiger partial charge in [-0.25, -0.2) is 0 Å². The molecule has 1 unspecified atom stereocenters. The molecule has 0 fully saturated rings. The molecule has 0 aromatic rings. The highest BCUT2D eigenvalue weighted by atomic mass is 32.4. The maximum absolute atomic E-state index is 9.53. The lowest BCUT2D eigenvalue weighted by Crippen LogP contribution is -1.56. The summed E-state index contributed by atoms with van der Waals surface area (Å²) in [6.07, 6.45) is -0.370. The number of aliphatic hydroxyl groups excluding tert-OH is 1. The molecule has 5 heavy (non-hydrogen) atoms. The normalized spacial score (nSPS) is 11.0. The van der Waals surface area contributed by atoms with Gasteiger partial charge in [0.1, 0.15) is 6.35 Å². The average molecular weight is 110 g/mol. The van der Waals surface area contributed by atoms with Gasteiger partial charge < -0.3 is 5.11 Å². The van der Waals surface area contributed by atoms with E-state index in [0.717, 1.165) is 0 Å². The maximum Gasteiger partial charge on any atom is 0.190 e. The Labute approximate surface area is 35.3 Å². The van der Waals surface area contributed by atoms with E-state index in [2.05, 4.69) is 11.8 Å². The van der Waals surface area contributed by atoms with Crippen molar-refractivity contribution in [3.8, 4) is 0 Å². The fraction of sp³-hybridized carbons (Fsp3) is 1.00. The van der Waals surface area contributed by atoms with Crippen molar-refractivity contribution in [1.29, 1.82) is 0 Å². The Balaban J connectivity index is 3.23. The molecule has 0 bridgehead atoms. The van der Waals surface area contributed by atoms with Crippen molar-refractivity contribution in [3.63, 3.8) is 0 Å². The van der Waals surface area contributed by atoms with E-state index in [1.54, 1.807) is 0 Å². The van der Waals surface area contributed by atoms with Crippen molar-refractivity contribution in [2.75, 3.05) is 6.35 Å². The van der Waals surface area contributed by atoms with Crippen molar-refractivity contribution in [1.82, 2.24) is 0 Å². The lowest BCUT2D eigenvalue weighted by atomic mass is 11.7. The summed E-state index contributed by atoms with van der Waals surface area (Å²) in [5.74, 6) is 0. The molecule has 0 aliphatic rings. The first-order valence-electron chi connectivity index (χ1n) is 0.998. The van der Waals surface area contributed by atoms with Gasteiger partial charge >= 0.3 is 0 Å². The van der Waals surface area contributed by atoms with Gasteiger partial charge in [0.25, 0.3) is 0 Å². The van der Waals surface area contributed by atoms with Crippen molar-refractivity contribution in [2.24, 2.45) is 0 Å². The van der Waals surface area contributed by atoms with E-state index in [1.165, 1.54) is 0 Å². The van der Waals surface area contributed by atoms with Crippen LogP contribution in [0.4, 0.5) is 0 Å². The Morgan fingerprint density at radius 1 is 2.00 bits per heavy atom. The van der Waals surface area contributed by atoms with Crippen LogP contribution in [-0.2, 0) is 16.4 Å². The minimum Gasteiger partial charge on any atom is -0.384 e. The average Bonchev–Trinajstić information content (AvgIpc) is 1.38. The van der Waals surface area contributed by atoms with Gasteiger partial charge in [-0.1, -0.05) is 0 Å². The summed E-state index contributed by atoms with van der Waals surface area (Å²) < 4.78 is 9.53. The third-order valence-corrected chi connectivity index (χ3v) is 0.693. The van der Waals surface area contributed by atoms with Crippen LogP contribution in [0.2, 0.25) is 0 Å². The van der Waals surface area contributed by atoms with Gasteiger partial charge in [0.15, 0.2) is 6.58 Å². The van der Waals surface area contributed by atoms with E-state index in [1.807, 2.05) is 0 Å². The van der Waals surface area contributed by atoms with Crippen LogP contribution >= 0.6 is 6.58 Å². The number of aliphatic hydroxyl groups is 1. The molecule has 0 heterocycles. The quantitative estimate of drug-likeness (QED) is 0.491. The van der Waals surface area contributed by atoms with Gasteiger partial charge in [-0.2, -0.15) is 0 Å². The van der Waals surface area contributed by atoms with Crippen LogP contribution < -0.4 is 0 Å². The molecule has 1 N–H and O–H groups in total. The van der Waals surface area contributed by atoms with Gasteiger partial charge in [0, 0.05) is 0 Å². The van der Waals surface area contributed by atoms with E-state index in [9.17, 15) is 4.57 Å². The van der Waals surface area contributed by atoms with Gasteiger partial charge in [-0.15, -0.1) is 0 Å². The van der Waals surface area contributed by atoms with Gasteiger partial charge in [-0.05, 0) is 11.8 Å². The zero-order valence-corrected chi connectivity index (χ0v) is 4.13. The second-order valence-corrected chi connectivity index (χ2v) is 2.64. The van der Waals surface area contributed by atoms with Crippen LogP contribution in [0.25, 0.3) is 0 Å². The summed E-state index contributed by atoms with van der Waals surface area (Å²) in [4.78, 5) is 0. The standard InChI is InChI=1S/CH3O2PS/c2-1-4(3)5/h2H,1H2. The molecule has 0 aromatic carbocycles. The second kappa shape index (κ2) is 2.51. The molecular formula is CH3O2PS. The third-order valence-electron chi connectivity index (χ3n) is 0.115. The van der Waals surface area contributed by atoms with Gasteiger partial charge in [-0.3, -0.25) is 4.57 Å². The Kier molecular flexibility index (Phi) is 2.65. The largest absolute Gasteiger partial charge is 0.384 e. The number of rotatable bonds is 1. The first-order valence-corrected chi connectivity index (χ1v) is 3.46. The highest BCUT2D eigenvalue weighted by Crippen LogP contribution is 1.95. The van der Waals surface area contributed by atoms with Crippen LogP contribution in [0.3, 0.4) is 0 Å². The van der Waals surface area contributed by atoms with Crippen molar-refractivity contribution >= 4 is 18.4 Å². The predicted octanol–water partition coefficient (Wildman–Crippen LogP) is 0.225. The highest BCUT2D eigenvalue weighted by molar-refractivity contribution is 7.99. The minimum absolute atomic E-state index is 0.370. The summed E-state index contributed by atoms with van der Waals surface area (Å²) in [5, 5.41) is 7.76. The topological polar surface area (TPSA) is 37.3 Å². The maximum atomic E-state index is 9.53. The zero-order valence-electron chi connectivity index (χ0n) is 2.42. The molecule has 0 rings (SSSR count). The first kappa shape index (κ1) is 5.28. The van der Waals surface area contributed by atoms with Crippen molar-refractivity contribution in [3.05, 3.63) is 0 Å². The lowest BCUT2D eigenvalue weighted by Gasteiger charge is -1.60. The monoisotopic (exact) mass is 110 g/mol. The van der Waals surface area contributed by atoms with Gasteiger partial charge in [0.05, 0.1) is 0 Å². The number of hydrogen-bond donors (Lipinski definition) is 1. The van der Waals surface area contributed by atoms with Crippen LogP contribution in [0.5, 0.6) is 0 Å². The van der Waals surface area contributed by atoms with E-state index < -0.39 is 6.58 Å². The Morgan fingerprint density at radius 3 is 2.20 bits per heavy atom. The highest BCUT2D eigenvalue weighted by Gasteiger charge is 1.68. The smallest absolute Gasteiger partial charge is 0.190 e. The van der Waals surface area contributed by atoms with Crippen LogP contribution in [0.1, 0.15) is 0 Å². The molecule has 0 saturated heterocycles. The molecule has 0 saturated carbocycles. The lowest BCUT2D eigenvalue weighted by molar-refractivity contribution is 0.366.